The van der Waals surface area contributed by atoms with Gasteiger partial charge >= 0.3 is 6.01 Å². The molecule has 29 heavy (non-hydrogen) atoms. The summed E-state index contributed by atoms with van der Waals surface area (Å²) >= 11 is 0. The van der Waals surface area contributed by atoms with Crippen LogP contribution in [-0.4, -0.2) is 54.9 Å². The molecule has 1 saturated heterocycles. The van der Waals surface area contributed by atoms with Crippen LogP contribution in [0.25, 0.3) is 0 Å². The van der Waals surface area contributed by atoms with E-state index in [1.807, 2.05) is 6.92 Å². The van der Waals surface area contributed by atoms with E-state index in [-0.39, 0.29) is 34.9 Å². The Labute approximate surface area is 169 Å². The zero-order chi connectivity index (χ0) is 21.0. The molecule has 1 aliphatic heterocycles. The number of aryl methyl sites for hydroxylation is 1. The van der Waals surface area contributed by atoms with Crippen molar-refractivity contribution < 1.29 is 22.7 Å². The average molecular weight is 420 g/mol. The summed E-state index contributed by atoms with van der Waals surface area (Å²) in [5, 5.41) is 0. The molecule has 9 nitrogen and oxygen atoms in total. The molecule has 156 valence electrons. The molecule has 2 aromatic rings. The van der Waals surface area contributed by atoms with Crippen LogP contribution in [0, 0.1) is 0 Å². The summed E-state index contributed by atoms with van der Waals surface area (Å²) in [6.07, 6.45) is 5.19. The van der Waals surface area contributed by atoms with Crippen LogP contribution in [0.2, 0.25) is 0 Å². The van der Waals surface area contributed by atoms with Gasteiger partial charge in [0.15, 0.2) is 0 Å². The van der Waals surface area contributed by atoms with E-state index in [0.29, 0.717) is 19.4 Å². The third-order valence-electron chi connectivity index (χ3n) is 4.78. The lowest BCUT2D eigenvalue weighted by Gasteiger charge is -2.31. The number of nitrogens with zero attached hydrogens (tertiary/aromatic N) is 3. The minimum atomic E-state index is -3.83. The number of piperidine rings is 1. The predicted octanol–water partition coefficient (Wildman–Crippen LogP) is 1.38. The van der Waals surface area contributed by atoms with Crippen molar-refractivity contribution in [3.63, 3.8) is 0 Å². The molecule has 1 aliphatic rings. The van der Waals surface area contributed by atoms with Crippen molar-refractivity contribution >= 4 is 15.9 Å². The number of aromatic nitrogens is 2. The Morgan fingerprint density at radius 3 is 2.66 bits per heavy atom. The molecule has 2 heterocycles. The van der Waals surface area contributed by atoms with Gasteiger partial charge in [0.25, 0.3) is 5.91 Å². The number of nitrogens with two attached hydrogens (primary N) is 1. The van der Waals surface area contributed by atoms with E-state index in [1.54, 1.807) is 12.4 Å². The Morgan fingerprint density at radius 1 is 1.31 bits per heavy atom. The Bertz CT molecular complexity index is 979. The first-order valence-electron chi connectivity index (χ1n) is 9.30. The Balaban J connectivity index is 1.78. The summed E-state index contributed by atoms with van der Waals surface area (Å²) in [4.78, 5) is 20.0. The van der Waals surface area contributed by atoms with Crippen molar-refractivity contribution in [2.75, 3.05) is 20.2 Å². The summed E-state index contributed by atoms with van der Waals surface area (Å²) in [5.41, 5.74) is 6.36. The third kappa shape index (κ3) is 4.65. The molecule has 0 aliphatic carbocycles. The van der Waals surface area contributed by atoms with Gasteiger partial charge in [-0.05, 0) is 43.0 Å². The molecule has 0 saturated carbocycles. The Hall–Kier alpha value is -2.72. The lowest BCUT2D eigenvalue weighted by Crippen LogP contribution is -2.44. The first-order valence-corrected chi connectivity index (χ1v) is 10.7. The number of methoxy groups -OCH3 is 1. The standard InChI is InChI=1S/C19H24N4O5S/c1-3-13-10-21-19(22-11-13)28-14-5-4-8-23(12-14)29(25,26)15-6-7-17(27-2)16(9-15)18(20)24/h6-7,9-11,14H,3-5,8,12H2,1-2H3,(H2,20,24). The van der Waals surface area contributed by atoms with Crippen molar-refractivity contribution in [1.29, 1.82) is 0 Å². The summed E-state index contributed by atoms with van der Waals surface area (Å²) in [6, 6.07) is 4.30. The summed E-state index contributed by atoms with van der Waals surface area (Å²) in [5.74, 6) is -0.532. The number of rotatable bonds is 7. The number of amides is 1. The van der Waals surface area contributed by atoms with Crippen LogP contribution in [0.3, 0.4) is 0 Å². The summed E-state index contributed by atoms with van der Waals surface area (Å²) in [7, 11) is -2.44. The first-order chi connectivity index (χ1) is 13.8. The topological polar surface area (TPSA) is 125 Å². The van der Waals surface area contributed by atoms with E-state index < -0.39 is 15.9 Å². The van der Waals surface area contributed by atoms with Crippen LogP contribution >= 0.6 is 0 Å². The molecule has 1 atom stereocenters. The van der Waals surface area contributed by atoms with Crippen molar-refractivity contribution in [2.45, 2.75) is 37.2 Å². The van der Waals surface area contributed by atoms with Crippen LogP contribution in [0.1, 0.15) is 35.7 Å². The van der Waals surface area contributed by atoms with Gasteiger partial charge in [-0.25, -0.2) is 18.4 Å². The van der Waals surface area contributed by atoms with Crippen LogP contribution in [0.5, 0.6) is 11.8 Å². The van der Waals surface area contributed by atoms with E-state index in [0.717, 1.165) is 12.0 Å². The molecule has 0 bridgehead atoms. The summed E-state index contributed by atoms with van der Waals surface area (Å²) < 4.78 is 38.4. The van der Waals surface area contributed by atoms with E-state index in [2.05, 4.69) is 9.97 Å². The highest BCUT2D eigenvalue weighted by atomic mass is 32.2. The second-order valence-corrected chi connectivity index (χ2v) is 8.64. The zero-order valence-corrected chi connectivity index (χ0v) is 17.2. The maximum absolute atomic E-state index is 13.1. The summed E-state index contributed by atoms with van der Waals surface area (Å²) in [6.45, 7) is 2.53. The molecule has 1 aromatic heterocycles. The number of benzene rings is 1. The maximum atomic E-state index is 13.1. The van der Waals surface area contributed by atoms with Crippen LogP contribution in [-0.2, 0) is 16.4 Å². The zero-order valence-electron chi connectivity index (χ0n) is 16.4. The average Bonchev–Trinajstić information content (AvgIpc) is 2.74. The number of hydrogen-bond donors (Lipinski definition) is 1. The van der Waals surface area contributed by atoms with Crippen molar-refractivity contribution in [3.05, 3.63) is 41.7 Å². The molecular formula is C19H24N4O5S. The molecule has 1 unspecified atom stereocenters. The molecule has 1 aromatic carbocycles. The fraction of sp³-hybridized carbons (Fsp3) is 0.421. The molecule has 0 radical (unpaired) electrons. The smallest absolute Gasteiger partial charge is 0.316 e. The molecule has 1 amide bonds. The molecule has 0 spiro atoms. The van der Waals surface area contributed by atoms with Crippen molar-refractivity contribution in [2.24, 2.45) is 5.73 Å². The molecule has 2 N–H and O–H groups in total. The highest BCUT2D eigenvalue weighted by molar-refractivity contribution is 7.89. The number of sulfonamides is 1. The van der Waals surface area contributed by atoms with Crippen LogP contribution in [0.15, 0.2) is 35.5 Å². The normalized spacial score (nSPS) is 17.7. The van der Waals surface area contributed by atoms with Gasteiger partial charge in [0.1, 0.15) is 11.9 Å². The van der Waals surface area contributed by atoms with E-state index in [9.17, 15) is 13.2 Å². The fourth-order valence-electron chi connectivity index (χ4n) is 3.14. The van der Waals surface area contributed by atoms with Gasteiger partial charge in [-0.3, -0.25) is 4.79 Å². The van der Waals surface area contributed by atoms with Gasteiger partial charge < -0.3 is 15.2 Å². The minimum absolute atomic E-state index is 0.0165. The lowest BCUT2D eigenvalue weighted by atomic mass is 10.1. The van der Waals surface area contributed by atoms with Crippen molar-refractivity contribution in [1.82, 2.24) is 14.3 Å². The second kappa shape index (κ2) is 8.75. The molecule has 3 rings (SSSR count). The number of carbonyl (C=O) groups is 1. The number of carbonyl (C=O) groups excluding carboxylic acids is 1. The highest BCUT2D eigenvalue weighted by Gasteiger charge is 2.32. The van der Waals surface area contributed by atoms with E-state index in [4.69, 9.17) is 15.2 Å². The largest absolute Gasteiger partial charge is 0.496 e. The quantitative estimate of drug-likeness (QED) is 0.717. The minimum Gasteiger partial charge on any atom is -0.496 e. The fourth-order valence-corrected chi connectivity index (χ4v) is 4.68. The molecular weight excluding hydrogens is 396 g/mol. The third-order valence-corrected chi connectivity index (χ3v) is 6.64. The number of hydrogen-bond acceptors (Lipinski definition) is 7. The number of primary amides is 1. The predicted molar refractivity (Wildman–Crippen MR) is 105 cm³/mol. The highest BCUT2D eigenvalue weighted by Crippen LogP contribution is 2.27. The number of ether oxygens (including phenoxy) is 2. The Kier molecular flexibility index (Phi) is 6.33. The van der Waals surface area contributed by atoms with Gasteiger partial charge in [-0.2, -0.15) is 4.31 Å². The molecule has 10 heteroatoms. The second-order valence-electron chi connectivity index (χ2n) is 6.70. The monoisotopic (exact) mass is 420 g/mol. The van der Waals surface area contributed by atoms with Gasteiger partial charge in [0, 0.05) is 18.9 Å². The van der Waals surface area contributed by atoms with Gasteiger partial charge in [-0.15, -0.1) is 0 Å². The lowest BCUT2D eigenvalue weighted by molar-refractivity contribution is 0.0997. The van der Waals surface area contributed by atoms with Crippen LogP contribution < -0.4 is 15.2 Å². The van der Waals surface area contributed by atoms with Gasteiger partial charge in [0.2, 0.25) is 10.0 Å². The molecule has 1 fully saturated rings. The van der Waals surface area contributed by atoms with Crippen LogP contribution in [0.4, 0.5) is 0 Å². The first kappa shape index (κ1) is 21.0. The SMILES string of the molecule is CCc1cnc(OC2CCCN(S(=O)(=O)c3ccc(OC)c(C(N)=O)c3)C2)nc1. The Morgan fingerprint density at radius 2 is 2.03 bits per heavy atom. The van der Waals surface area contributed by atoms with E-state index in [1.165, 1.54) is 29.6 Å². The van der Waals surface area contributed by atoms with Gasteiger partial charge in [0.05, 0.1) is 24.1 Å². The van der Waals surface area contributed by atoms with E-state index >= 15 is 0 Å². The van der Waals surface area contributed by atoms with Crippen molar-refractivity contribution in [3.8, 4) is 11.8 Å². The van der Waals surface area contributed by atoms with Gasteiger partial charge in [-0.1, -0.05) is 6.92 Å². The maximum Gasteiger partial charge on any atom is 0.316 e.